The van der Waals surface area contributed by atoms with Gasteiger partial charge in [0.2, 0.25) is 5.91 Å². The summed E-state index contributed by atoms with van der Waals surface area (Å²) in [5.41, 5.74) is 2.28. The zero-order valence-corrected chi connectivity index (χ0v) is 9.73. The number of carbonyl (C=O) groups excluding carboxylic acids is 2. The second kappa shape index (κ2) is 4.99. The molecule has 0 aromatic heterocycles. The quantitative estimate of drug-likeness (QED) is 0.789. The van der Waals surface area contributed by atoms with Crippen molar-refractivity contribution in [2.45, 2.75) is 19.3 Å². The Kier molecular flexibility index (Phi) is 3.42. The van der Waals surface area contributed by atoms with Gasteiger partial charge in [-0.05, 0) is 24.5 Å². The van der Waals surface area contributed by atoms with Gasteiger partial charge in [-0.3, -0.25) is 9.59 Å². The maximum Gasteiger partial charge on any atom is 0.325 e. The Hall–Kier alpha value is -1.84. The van der Waals surface area contributed by atoms with Gasteiger partial charge in [-0.25, -0.2) is 0 Å². The van der Waals surface area contributed by atoms with Gasteiger partial charge in [-0.2, -0.15) is 0 Å². The van der Waals surface area contributed by atoms with E-state index in [0.717, 1.165) is 12.0 Å². The number of fused-ring (bicyclic) bond motifs is 1. The number of carbonyl (C=O) groups is 2. The molecule has 1 N–H and O–H groups in total. The molecule has 90 valence electrons. The van der Waals surface area contributed by atoms with Crippen molar-refractivity contribution in [2.75, 3.05) is 13.2 Å². The Balaban J connectivity index is 1.85. The summed E-state index contributed by atoms with van der Waals surface area (Å²) in [5, 5.41) is 2.60. The predicted octanol–water partition coefficient (Wildman–Crippen LogP) is 1.01. The summed E-state index contributed by atoms with van der Waals surface area (Å²) >= 11 is 0. The molecule has 1 aliphatic rings. The molecule has 0 spiro atoms. The minimum absolute atomic E-state index is 0.0503. The molecule has 1 aromatic carbocycles. The third-order valence-electron chi connectivity index (χ3n) is 2.88. The fraction of sp³-hybridized carbons (Fsp3) is 0.385. The molecule has 0 bridgehead atoms. The molecule has 0 aliphatic heterocycles. The Labute approximate surface area is 100.0 Å². The summed E-state index contributed by atoms with van der Waals surface area (Å²) in [4.78, 5) is 22.9. The zero-order chi connectivity index (χ0) is 12.3. The van der Waals surface area contributed by atoms with Crippen LogP contribution in [-0.4, -0.2) is 25.0 Å². The van der Waals surface area contributed by atoms with Crippen LogP contribution in [-0.2, 0) is 20.7 Å². The van der Waals surface area contributed by atoms with Crippen molar-refractivity contribution in [2.24, 2.45) is 0 Å². The van der Waals surface area contributed by atoms with E-state index < -0.39 is 5.97 Å². The molecule has 2 rings (SSSR count). The number of hydrogen-bond acceptors (Lipinski definition) is 3. The van der Waals surface area contributed by atoms with Crippen LogP contribution in [0.1, 0.15) is 24.0 Å². The molecule has 4 nitrogen and oxygen atoms in total. The first kappa shape index (κ1) is 11.6. The highest BCUT2D eigenvalue weighted by molar-refractivity contribution is 5.89. The van der Waals surface area contributed by atoms with E-state index in [9.17, 15) is 9.59 Å². The molecule has 4 heteroatoms. The van der Waals surface area contributed by atoms with E-state index in [4.69, 9.17) is 4.74 Å². The summed E-state index contributed by atoms with van der Waals surface area (Å²) in [7, 11) is 0. The van der Waals surface area contributed by atoms with Crippen LogP contribution < -0.4 is 5.32 Å². The van der Waals surface area contributed by atoms with Gasteiger partial charge in [0.05, 0.1) is 12.5 Å². The number of rotatable bonds is 4. The van der Waals surface area contributed by atoms with Crippen LogP contribution >= 0.6 is 0 Å². The summed E-state index contributed by atoms with van der Waals surface area (Å²) in [6.45, 7) is 2.02. The third kappa shape index (κ3) is 2.46. The Morgan fingerprint density at radius 1 is 1.41 bits per heavy atom. The van der Waals surface area contributed by atoms with Gasteiger partial charge >= 0.3 is 5.97 Å². The molecule has 1 atom stereocenters. The molecule has 1 aromatic rings. The smallest absolute Gasteiger partial charge is 0.325 e. The fourth-order valence-electron chi connectivity index (χ4n) is 1.99. The number of ether oxygens (including phenoxy) is 1. The largest absolute Gasteiger partial charge is 0.465 e. The first-order chi connectivity index (χ1) is 8.22. The topological polar surface area (TPSA) is 55.4 Å². The highest BCUT2D eigenvalue weighted by Gasteiger charge is 2.31. The van der Waals surface area contributed by atoms with Gasteiger partial charge in [-0.1, -0.05) is 24.3 Å². The molecule has 0 radical (unpaired) electrons. The Morgan fingerprint density at radius 2 is 2.18 bits per heavy atom. The van der Waals surface area contributed by atoms with Gasteiger partial charge in [0, 0.05) is 0 Å². The van der Waals surface area contributed by atoms with Crippen LogP contribution in [0.15, 0.2) is 24.3 Å². The molecular formula is C13H15NO3. The lowest BCUT2D eigenvalue weighted by Gasteiger charge is -2.28. The monoisotopic (exact) mass is 233 g/mol. The van der Waals surface area contributed by atoms with Gasteiger partial charge in [0.25, 0.3) is 0 Å². The van der Waals surface area contributed by atoms with Crippen molar-refractivity contribution >= 4 is 11.9 Å². The second-order valence-corrected chi connectivity index (χ2v) is 3.98. The first-order valence-electron chi connectivity index (χ1n) is 5.73. The molecule has 1 aliphatic carbocycles. The maximum absolute atomic E-state index is 11.8. The lowest BCUT2D eigenvalue weighted by molar-refractivity contribution is -0.143. The second-order valence-electron chi connectivity index (χ2n) is 3.98. The average molecular weight is 233 g/mol. The van der Waals surface area contributed by atoms with Crippen LogP contribution in [0.25, 0.3) is 0 Å². The van der Waals surface area contributed by atoms with Crippen molar-refractivity contribution in [3.05, 3.63) is 35.4 Å². The van der Waals surface area contributed by atoms with Gasteiger partial charge in [0.1, 0.15) is 6.54 Å². The van der Waals surface area contributed by atoms with Crippen LogP contribution in [0, 0.1) is 0 Å². The van der Waals surface area contributed by atoms with E-state index in [-0.39, 0.29) is 18.4 Å². The van der Waals surface area contributed by atoms with Crippen molar-refractivity contribution < 1.29 is 14.3 Å². The highest BCUT2D eigenvalue weighted by atomic mass is 16.5. The molecule has 17 heavy (non-hydrogen) atoms. The van der Waals surface area contributed by atoms with Crippen molar-refractivity contribution in [1.29, 1.82) is 0 Å². The summed E-state index contributed by atoms with van der Waals surface area (Å²) in [6.07, 6.45) is 0.755. The predicted molar refractivity (Wildman–Crippen MR) is 62.5 cm³/mol. The summed E-state index contributed by atoms with van der Waals surface area (Å²) in [6, 6.07) is 7.85. The normalized spacial score (nSPS) is 16.6. The molecule has 1 unspecified atom stereocenters. The van der Waals surface area contributed by atoms with Gasteiger partial charge in [-0.15, -0.1) is 0 Å². The fourth-order valence-corrected chi connectivity index (χ4v) is 1.99. The standard InChI is InChI=1S/C13H15NO3/c1-2-17-12(15)8-14-13(16)11-7-9-5-3-4-6-10(9)11/h3-6,11H,2,7-8H2,1H3,(H,14,16). The van der Waals surface area contributed by atoms with E-state index in [0.29, 0.717) is 6.61 Å². The van der Waals surface area contributed by atoms with Gasteiger partial charge < -0.3 is 10.1 Å². The van der Waals surface area contributed by atoms with Gasteiger partial charge in [0.15, 0.2) is 0 Å². The van der Waals surface area contributed by atoms with Crippen LogP contribution in [0.4, 0.5) is 0 Å². The van der Waals surface area contributed by atoms with Crippen molar-refractivity contribution in [1.82, 2.24) is 5.32 Å². The number of benzene rings is 1. The molecule has 1 amide bonds. The minimum Gasteiger partial charge on any atom is -0.465 e. The zero-order valence-electron chi connectivity index (χ0n) is 9.73. The average Bonchev–Trinajstić information content (AvgIpc) is 2.28. The lowest BCUT2D eigenvalue weighted by atomic mass is 9.77. The highest BCUT2D eigenvalue weighted by Crippen LogP contribution is 2.34. The van der Waals surface area contributed by atoms with E-state index in [1.807, 2.05) is 24.3 Å². The van der Waals surface area contributed by atoms with E-state index in [1.54, 1.807) is 6.92 Å². The number of nitrogens with one attached hydrogen (secondary N) is 1. The SMILES string of the molecule is CCOC(=O)CNC(=O)C1Cc2ccccc21. The molecule has 0 fully saturated rings. The van der Waals surface area contributed by atoms with Crippen LogP contribution in [0.5, 0.6) is 0 Å². The minimum atomic E-state index is -0.395. The van der Waals surface area contributed by atoms with Crippen LogP contribution in [0.2, 0.25) is 0 Å². The Morgan fingerprint density at radius 3 is 2.88 bits per heavy atom. The van der Waals surface area contributed by atoms with E-state index in [1.165, 1.54) is 5.56 Å². The molecular weight excluding hydrogens is 218 g/mol. The molecule has 0 heterocycles. The summed E-state index contributed by atoms with van der Waals surface area (Å²) < 4.78 is 4.74. The molecule has 0 saturated carbocycles. The van der Waals surface area contributed by atoms with E-state index in [2.05, 4.69) is 5.32 Å². The molecule has 0 saturated heterocycles. The van der Waals surface area contributed by atoms with Crippen LogP contribution in [0.3, 0.4) is 0 Å². The van der Waals surface area contributed by atoms with Crippen molar-refractivity contribution in [3.8, 4) is 0 Å². The maximum atomic E-state index is 11.8. The number of amides is 1. The Bertz CT molecular complexity index is 442. The third-order valence-corrected chi connectivity index (χ3v) is 2.88. The van der Waals surface area contributed by atoms with E-state index >= 15 is 0 Å². The summed E-state index contributed by atoms with van der Waals surface area (Å²) in [5.74, 6) is -0.606. The number of esters is 1. The number of hydrogen-bond donors (Lipinski definition) is 1. The first-order valence-corrected chi connectivity index (χ1v) is 5.73. The van der Waals surface area contributed by atoms with Crippen molar-refractivity contribution in [3.63, 3.8) is 0 Å². The lowest BCUT2D eigenvalue weighted by Crippen LogP contribution is -2.38.